The van der Waals surface area contributed by atoms with Crippen LogP contribution >= 0.6 is 0 Å². The van der Waals surface area contributed by atoms with Gasteiger partial charge in [-0.05, 0) is 110 Å². The summed E-state index contributed by atoms with van der Waals surface area (Å²) in [6.07, 6.45) is 5.76. The van der Waals surface area contributed by atoms with E-state index in [2.05, 4.69) is 62.7 Å². The van der Waals surface area contributed by atoms with E-state index in [9.17, 15) is 8.42 Å². The smallest absolute Gasteiger partial charge is 0.175 e. The highest BCUT2D eigenvalue weighted by molar-refractivity contribution is 7.90. The largest absolute Gasteiger partial charge is 0.381 e. The third-order valence-corrected chi connectivity index (χ3v) is 12.4. The molecule has 0 atom stereocenters. The van der Waals surface area contributed by atoms with Crippen molar-refractivity contribution in [3.8, 4) is 22.5 Å². The molecule has 10 heteroatoms. The number of sulfone groups is 1. The number of nitrogens with zero attached hydrogens (tertiary/aromatic N) is 5. The molecule has 4 aromatic rings. The summed E-state index contributed by atoms with van der Waals surface area (Å²) >= 11 is 0. The van der Waals surface area contributed by atoms with Gasteiger partial charge in [-0.25, -0.2) is 13.4 Å². The first-order valence-electron chi connectivity index (χ1n) is 17.6. The number of ether oxygens (including phenoxy) is 2. The van der Waals surface area contributed by atoms with Crippen molar-refractivity contribution in [3.63, 3.8) is 0 Å². The minimum atomic E-state index is -3.27. The van der Waals surface area contributed by atoms with Crippen LogP contribution in [0.3, 0.4) is 0 Å². The third-order valence-electron chi connectivity index (χ3n) is 11.3. The first-order chi connectivity index (χ1) is 23.3. The summed E-state index contributed by atoms with van der Waals surface area (Å²) in [6.45, 7) is 9.99. The Bertz CT molecular complexity index is 1850. The van der Waals surface area contributed by atoms with Gasteiger partial charge in [0.2, 0.25) is 0 Å². The minimum Gasteiger partial charge on any atom is -0.381 e. The van der Waals surface area contributed by atoms with E-state index >= 15 is 0 Å². The third kappa shape index (κ3) is 6.29. The van der Waals surface area contributed by atoms with E-state index in [1.54, 1.807) is 12.1 Å². The highest BCUT2D eigenvalue weighted by Gasteiger charge is 2.32. The van der Waals surface area contributed by atoms with Crippen molar-refractivity contribution in [2.24, 2.45) is 7.05 Å². The molecule has 9 nitrogen and oxygen atoms in total. The average Bonchev–Trinajstić information content (AvgIpc) is 3.43. The van der Waals surface area contributed by atoms with Crippen molar-refractivity contribution in [2.75, 3.05) is 76.9 Å². The van der Waals surface area contributed by atoms with Crippen LogP contribution in [-0.4, -0.2) is 112 Å². The molecule has 0 N–H and O–H groups in total. The predicted molar refractivity (Wildman–Crippen MR) is 190 cm³/mol. The summed E-state index contributed by atoms with van der Waals surface area (Å²) in [5.74, 6) is 1.27. The van der Waals surface area contributed by atoms with Crippen molar-refractivity contribution < 1.29 is 17.9 Å². The molecular formula is C38H47N5O4S. The summed E-state index contributed by atoms with van der Waals surface area (Å²) in [4.78, 5) is 13.3. The van der Waals surface area contributed by atoms with Crippen LogP contribution in [-0.2, 0) is 26.4 Å². The molecule has 4 aliphatic rings. The molecule has 5 heterocycles. The molecule has 0 spiro atoms. The van der Waals surface area contributed by atoms with Crippen molar-refractivity contribution in [1.82, 2.24) is 19.4 Å². The standard InChI is InChI=1S/C38H47N5O4S/c1-40-36-24-30(27-3-7-31(8-4-27)42-17-19-43(20-18-42)32-13-21-46-22-14-32)23-35(28-11-15-41(16-12-28)33-25-47-26-33)37(36)39-38(40)29-5-9-34(10-6-29)48(2,44)45/h3-10,23-24,28,32-33H,11-22,25-26H2,1-2H3. The van der Waals surface area contributed by atoms with Gasteiger partial charge in [0.05, 0.1) is 35.2 Å². The molecule has 8 rings (SSSR count). The highest BCUT2D eigenvalue weighted by atomic mass is 32.2. The summed E-state index contributed by atoms with van der Waals surface area (Å²) in [6, 6.07) is 22.2. The number of aryl methyl sites for hydroxylation is 1. The highest BCUT2D eigenvalue weighted by Crippen LogP contribution is 2.39. The number of likely N-dealkylation sites (tertiary alicyclic amines) is 1. The molecule has 254 valence electrons. The number of benzene rings is 3. The van der Waals surface area contributed by atoms with Crippen molar-refractivity contribution in [3.05, 3.63) is 66.2 Å². The van der Waals surface area contributed by atoms with Crippen molar-refractivity contribution >= 4 is 26.6 Å². The van der Waals surface area contributed by atoms with Gasteiger partial charge in [-0.3, -0.25) is 9.80 Å². The Morgan fingerprint density at radius 1 is 0.708 bits per heavy atom. The fourth-order valence-corrected chi connectivity index (χ4v) is 8.80. The Balaban J connectivity index is 1.08. The van der Waals surface area contributed by atoms with Crippen LogP contribution in [0.4, 0.5) is 5.69 Å². The lowest BCUT2D eigenvalue weighted by Crippen LogP contribution is -2.51. The first kappa shape index (κ1) is 32.0. The lowest BCUT2D eigenvalue weighted by Gasteiger charge is -2.41. The summed E-state index contributed by atoms with van der Waals surface area (Å²) in [5.41, 5.74) is 8.10. The van der Waals surface area contributed by atoms with E-state index < -0.39 is 9.84 Å². The second-order valence-electron chi connectivity index (χ2n) is 14.1. The maximum atomic E-state index is 12.1. The number of piperazine rings is 1. The van der Waals surface area contributed by atoms with Crippen molar-refractivity contribution in [1.29, 1.82) is 0 Å². The number of hydrogen-bond donors (Lipinski definition) is 0. The number of hydrogen-bond acceptors (Lipinski definition) is 8. The van der Waals surface area contributed by atoms with Gasteiger partial charge in [0.25, 0.3) is 0 Å². The van der Waals surface area contributed by atoms with Gasteiger partial charge in [0.15, 0.2) is 9.84 Å². The Morgan fingerprint density at radius 2 is 1.35 bits per heavy atom. The number of aromatic nitrogens is 2. The second kappa shape index (κ2) is 13.2. The number of anilines is 1. The van der Waals surface area contributed by atoms with Crippen LogP contribution in [0, 0.1) is 0 Å². The van der Waals surface area contributed by atoms with E-state index in [1.807, 2.05) is 12.1 Å². The quantitative estimate of drug-likeness (QED) is 0.266. The van der Waals surface area contributed by atoms with Gasteiger partial charge in [0.1, 0.15) is 5.82 Å². The van der Waals surface area contributed by atoms with Crippen molar-refractivity contribution in [2.45, 2.75) is 48.6 Å². The normalized spacial score (nSPS) is 21.2. The van der Waals surface area contributed by atoms with Gasteiger partial charge in [-0.2, -0.15) is 0 Å². The van der Waals surface area contributed by atoms with Crippen LogP contribution in [0.15, 0.2) is 65.6 Å². The zero-order valence-corrected chi connectivity index (χ0v) is 29.0. The zero-order chi connectivity index (χ0) is 32.8. The molecule has 4 saturated heterocycles. The molecule has 0 amide bonds. The Labute approximate surface area is 284 Å². The number of rotatable bonds is 7. The van der Waals surface area contributed by atoms with E-state index in [-0.39, 0.29) is 0 Å². The molecule has 0 bridgehead atoms. The van der Waals surface area contributed by atoms with E-state index in [0.717, 1.165) is 114 Å². The summed E-state index contributed by atoms with van der Waals surface area (Å²) in [5, 5.41) is 0. The maximum Gasteiger partial charge on any atom is 0.175 e. The van der Waals surface area contributed by atoms with Gasteiger partial charge in [-0.15, -0.1) is 0 Å². The number of piperidine rings is 1. The lowest BCUT2D eigenvalue weighted by molar-refractivity contribution is -0.0712. The topological polar surface area (TPSA) is 80.1 Å². The van der Waals surface area contributed by atoms with E-state index in [4.69, 9.17) is 14.5 Å². The van der Waals surface area contributed by atoms with E-state index in [1.165, 1.54) is 28.6 Å². The number of imidazole rings is 1. The van der Waals surface area contributed by atoms with Gasteiger partial charge >= 0.3 is 0 Å². The lowest BCUT2D eigenvalue weighted by atomic mass is 9.86. The molecular weight excluding hydrogens is 623 g/mol. The van der Waals surface area contributed by atoms with Crippen LogP contribution in [0.1, 0.15) is 37.2 Å². The predicted octanol–water partition coefficient (Wildman–Crippen LogP) is 5.19. The monoisotopic (exact) mass is 669 g/mol. The van der Waals surface area contributed by atoms with Crippen LogP contribution < -0.4 is 4.90 Å². The Morgan fingerprint density at radius 3 is 1.98 bits per heavy atom. The molecule has 0 aliphatic carbocycles. The number of fused-ring (bicyclic) bond motifs is 1. The molecule has 4 aliphatic heterocycles. The second-order valence-corrected chi connectivity index (χ2v) is 16.2. The fraction of sp³-hybridized carbons (Fsp3) is 0.500. The van der Waals surface area contributed by atoms with Gasteiger partial charge < -0.3 is 18.9 Å². The summed E-state index contributed by atoms with van der Waals surface area (Å²) < 4.78 is 37.5. The SMILES string of the molecule is Cn1c(-c2ccc(S(C)(=O)=O)cc2)nc2c(C3CCN(C4COC4)CC3)cc(-c3ccc(N4CCN(C5CCOCC5)CC4)cc3)cc21. The van der Waals surface area contributed by atoms with Crippen LogP contribution in [0.5, 0.6) is 0 Å². The first-order valence-corrected chi connectivity index (χ1v) is 19.5. The maximum absolute atomic E-state index is 12.1. The minimum absolute atomic E-state index is 0.321. The molecule has 0 unspecified atom stereocenters. The zero-order valence-electron chi connectivity index (χ0n) is 28.2. The average molecular weight is 670 g/mol. The Kier molecular flexibility index (Phi) is 8.79. The molecule has 1 aromatic heterocycles. The Hall–Kier alpha value is -3.28. The van der Waals surface area contributed by atoms with E-state index in [0.29, 0.717) is 22.9 Å². The summed E-state index contributed by atoms with van der Waals surface area (Å²) in [7, 11) is -1.19. The van der Waals surface area contributed by atoms with Crippen LogP contribution in [0.25, 0.3) is 33.5 Å². The molecule has 4 fully saturated rings. The van der Waals surface area contributed by atoms with Gasteiger partial charge in [-0.1, -0.05) is 12.1 Å². The fourth-order valence-electron chi connectivity index (χ4n) is 8.17. The molecule has 48 heavy (non-hydrogen) atoms. The molecule has 0 radical (unpaired) electrons. The van der Waals surface area contributed by atoms with Crippen LogP contribution in [0.2, 0.25) is 0 Å². The molecule has 0 saturated carbocycles. The van der Waals surface area contributed by atoms with Gasteiger partial charge in [0, 0.05) is 70.0 Å². The molecule has 3 aromatic carbocycles.